The van der Waals surface area contributed by atoms with Crippen molar-refractivity contribution < 1.29 is 5.11 Å². The first-order valence-electron chi connectivity index (χ1n) is 9.51. The number of fused-ring (bicyclic) bond motifs is 1. The molecule has 0 saturated heterocycles. The lowest BCUT2D eigenvalue weighted by Gasteiger charge is -2.24. The lowest BCUT2D eigenvalue weighted by molar-refractivity contribution is 0.471. The third-order valence-corrected chi connectivity index (χ3v) is 5.05. The fraction of sp³-hybridized carbons (Fsp3) is 0.167. The Kier molecular flexibility index (Phi) is 4.94. The highest BCUT2D eigenvalue weighted by Crippen LogP contribution is 2.37. The van der Waals surface area contributed by atoms with Gasteiger partial charge in [-0.15, -0.1) is 0 Å². The van der Waals surface area contributed by atoms with Gasteiger partial charge >= 0.3 is 0 Å². The molecule has 1 unspecified atom stereocenters. The predicted molar refractivity (Wildman–Crippen MR) is 114 cm³/mol. The van der Waals surface area contributed by atoms with Crippen LogP contribution in [0.4, 0.5) is 5.69 Å². The first-order chi connectivity index (χ1) is 13.7. The lowest BCUT2D eigenvalue weighted by atomic mass is 9.96. The summed E-state index contributed by atoms with van der Waals surface area (Å²) in [5, 5.41) is 15.7. The molecule has 4 heteroatoms. The van der Waals surface area contributed by atoms with Crippen LogP contribution in [0.3, 0.4) is 0 Å². The fourth-order valence-electron chi connectivity index (χ4n) is 3.54. The van der Waals surface area contributed by atoms with Crippen LogP contribution in [-0.4, -0.2) is 15.1 Å². The molecule has 4 nitrogen and oxygen atoms in total. The largest absolute Gasteiger partial charge is 0.505 e. The molecule has 4 aromatic rings. The van der Waals surface area contributed by atoms with Crippen LogP contribution in [0.15, 0.2) is 73.1 Å². The van der Waals surface area contributed by atoms with E-state index in [0.29, 0.717) is 5.52 Å². The first-order valence-corrected chi connectivity index (χ1v) is 9.51. The molecular formula is C24H23N3O. The number of hydrogen-bond acceptors (Lipinski definition) is 4. The summed E-state index contributed by atoms with van der Waals surface area (Å²) in [5.74, 6) is 0.212. The molecule has 0 amide bonds. The topological polar surface area (TPSA) is 58.0 Å². The van der Waals surface area contributed by atoms with E-state index in [9.17, 15) is 5.11 Å². The maximum absolute atomic E-state index is 11.1. The molecule has 2 aromatic heterocycles. The number of aryl methyl sites for hydroxylation is 2. The van der Waals surface area contributed by atoms with Crippen LogP contribution < -0.4 is 5.32 Å². The van der Waals surface area contributed by atoms with Crippen molar-refractivity contribution in [3.63, 3.8) is 0 Å². The van der Waals surface area contributed by atoms with E-state index in [1.807, 2.05) is 55.5 Å². The van der Waals surface area contributed by atoms with Crippen LogP contribution >= 0.6 is 0 Å². The summed E-state index contributed by atoms with van der Waals surface area (Å²) in [5.41, 5.74) is 5.62. The van der Waals surface area contributed by atoms with E-state index in [1.54, 1.807) is 12.4 Å². The van der Waals surface area contributed by atoms with Gasteiger partial charge in [-0.3, -0.25) is 4.98 Å². The molecule has 28 heavy (non-hydrogen) atoms. The average Bonchev–Trinajstić information content (AvgIpc) is 2.74. The molecule has 2 aromatic carbocycles. The van der Waals surface area contributed by atoms with Gasteiger partial charge in [-0.1, -0.05) is 43.3 Å². The zero-order valence-corrected chi connectivity index (χ0v) is 16.1. The SMILES string of the molecule is CCc1ccccc1NC(c1ccncc1)c1ccc2ccc(C)nc2c1O. The number of rotatable bonds is 5. The molecule has 1 atom stereocenters. The Bertz CT molecular complexity index is 1110. The number of para-hydroxylation sites is 1. The van der Waals surface area contributed by atoms with Crippen LogP contribution in [0.2, 0.25) is 0 Å². The second kappa shape index (κ2) is 7.69. The average molecular weight is 369 g/mol. The highest BCUT2D eigenvalue weighted by atomic mass is 16.3. The number of pyridine rings is 2. The Morgan fingerprint density at radius 1 is 0.964 bits per heavy atom. The van der Waals surface area contributed by atoms with Crippen LogP contribution in [0.1, 0.15) is 35.3 Å². The van der Waals surface area contributed by atoms with Crippen LogP contribution in [0.25, 0.3) is 10.9 Å². The number of nitrogens with one attached hydrogen (secondary N) is 1. The highest BCUT2D eigenvalue weighted by molar-refractivity contribution is 5.86. The quantitative estimate of drug-likeness (QED) is 0.494. The zero-order valence-electron chi connectivity index (χ0n) is 16.1. The second-order valence-corrected chi connectivity index (χ2v) is 6.90. The molecule has 0 aliphatic rings. The van der Waals surface area contributed by atoms with Crippen LogP contribution in [0.5, 0.6) is 5.75 Å². The number of hydrogen-bond donors (Lipinski definition) is 2. The van der Waals surface area contributed by atoms with Crippen molar-refractivity contribution in [2.45, 2.75) is 26.3 Å². The monoisotopic (exact) mass is 369 g/mol. The van der Waals surface area contributed by atoms with E-state index in [2.05, 4.69) is 34.3 Å². The van der Waals surface area contributed by atoms with Gasteiger partial charge in [0.2, 0.25) is 0 Å². The van der Waals surface area contributed by atoms with E-state index in [4.69, 9.17) is 0 Å². The van der Waals surface area contributed by atoms with Crippen molar-refractivity contribution in [1.29, 1.82) is 0 Å². The predicted octanol–water partition coefficient (Wildman–Crippen LogP) is 5.41. The molecule has 2 heterocycles. The summed E-state index contributed by atoms with van der Waals surface area (Å²) in [6.07, 6.45) is 4.48. The van der Waals surface area contributed by atoms with Crippen molar-refractivity contribution in [2.24, 2.45) is 0 Å². The summed E-state index contributed by atoms with van der Waals surface area (Å²) >= 11 is 0. The summed E-state index contributed by atoms with van der Waals surface area (Å²) in [4.78, 5) is 8.71. The van der Waals surface area contributed by atoms with Gasteiger partial charge in [0.1, 0.15) is 11.3 Å². The van der Waals surface area contributed by atoms with E-state index < -0.39 is 0 Å². The molecule has 0 spiro atoms. The van der Waals surface area contributed by atoms with Gasteiger partial charge < -0.3 is 10.4 Å². The molecule has 0 aliphatic heterocycles. The molecule has 140 valence electrons. The number of nitrogens with zero attached hydrogens (tertiary/aromatic N) is 2. The number of phenols is 1. The molecule has 0 bridgehead atoms. The Morgan fingerprint density at radius 2 is 1.71 bits per heavy atom. The van der Waals surface area contributed by atoms with Crippen LogP contribution in [-0.2, 0) is 6.42 Å². The second-order valence-electron chi connectivity index (χ2n) is 6.90. The third-order valence-electron chi connectivity index (χ3n) is 5.05. The van der Waals surface area contributed by atoms with E-state index in [-0.39, 0.29) is 11.8 Å². The Balaban J connectivity index is 1.87. The molecule has 0 fully saturated rings. The molecule has 0 aliphatic carbocycles. The van der Waals surface area contributed by atoms with Gasteiger partial charge in [0, 0.05) is 34.7 Å². The molecule has 0 radical (unpaired) electrons. The summed E-state index contributed by atoms with van der Waals surface area (Å²) in [7, 11) is 0. The standard InChI is InChI=1S/C24H23N3O/c1-3-17-6-4-5-7-21(17)27-22(19-12-14-25-15-13-19)20-11-10-18-9-8-16(2)26-23(18)24(20)28/h4-15,22,27-28H,3H2,1-2H3. The van der Waals surface area contributed by atoms with Gasteiger partial charge in [-0.2, -0.15) is 0 Å². The highest BCUT2D eigenvalue weighted by Gasteiger charge is 2.20. The van der Waals surface area contributed by atoms with Gasteiger partial charge in [-0.25, -0.2) is 4.98 Å². The smallest absolute Gasteiger partial charge is 0.147 e. The minimum Gasteiger partial charge on any atom is -0.505 e. The van der Waals surface area contributed by atoms with Crippen molar-refractivity contribution in [1.82, 2.24) is 9.97 Å². The number of aromatic hydroxyl groups is 1. The normalized spacial score (nSPS) is 12.1. The van der Waals surface area contributed by atoms with Gasteiger partial charge in [0.15, 0.2) is 0 Å². The van der Waals surface area contributed by atoms with Crippen molar-refractivity contribution in [3.8, 4) is 5.75 Å². The van der Waals surface area contributed by atoms with E-state index >= 15 is 0 Å². The Morgan fingerprint density at radius 3 is 2.50 bits per heavy atom. The minimum absolute atomic E-state index is 0.212. The minimum atomic E-state index is -0.220. The third kappa shape index (κ3) is 3.41. The van der Waals surface area contributed by atoms with Crippen LogP contribution in [0, 0.1) is 6.92 Å². The van der Waals surface area contributed by atoms with Crippen molar-refractivity contribution in [2.75, 3.05) is 5.32 Å². The number of anilines is 1. The number of aromatic nitrogens is 2. The maximum Gasteiger partial charge on any atom is 0.147 e. The summed E-state index contributed by atoms with van der Waals surface area (Å²) in [6.45, 7) is 4.07. The Hall–Kier alpha value is -3.40. The number of phenolic OH excluding ortho intramolecular Hbond substituents is 1. The molecule has 2 N–H and O–H groups in total. The maximum atomic E-state index is 11.1. The van der Waals surface area contributed by atoms with Crippen molar-refractivity contribution in [3.05, 3.63) is 95.4 Å². The summed E-state index contributed by atoms with van der Waals surface area (Å²) in [6, 6.07) is 19.9. The molecular weight excluding hydrogens is 346 g/mol. The van der Waals surface area contributed by atoms with Crippen molar-refractivity contribution >= 4 is 16.6 Å². The molecule has 0 saturated carbocycles. The van der Waals surface area contributed by atoms with Gasteiger partial charge in [-0.05, 0) is 48.7 Å². The Labute approximate surface area is 164 Å². The summed E-state index contributed by atoms with van der Waals surface area (Å²) < 4.78 is 0. The van der Waals surface area contributed by atoms with Gasteiger partial charge in [0.25, 0.3) is 0 Å². The first kappa shape index (κ1) is 18.0. The fourth-order valence-corrected chi connectivity index (χ4v) is 3.54. The van der Waals surface area contributed by atoms with E-state index in [0.717, 1.165) is 34.3 Å². The van der Waals surface area contributed by atoms with E-state index in [1.165, 1.54) is 5.56 Å². The zero-order chi connectivity index (χ0) is 19.5. The molecule has 4 rings (SSSR count). The van der Waals surface area contributed by atoms with Gasteiger partial charge in [0.05, 0.1) is 6.04 Å². The number of benzene rings is 2. The lowest BCUT2D eigenvalue weighted by Crippen LogP contribution is -2.14.